The van der Waals surface area contributed by atoms with Crippen LogP contribution in [0.25, 0.3) is 0 Å². The van der Waals surface area contributed by atoms with E-state index < -0.39 is 11.0 Å². The Labute approximate surface area is 212 Å². The second-order valence-corrected chi connectivity index (χ2v) is 10.4. The van der Waals surface area contributed by atoms with Gasteiger partial charge in [-0.2, -0.15) is 0 Å². The number of urea groups is 1. The summed E-state index contributed by atoms with van der Waals surface area (Å²) in [5, 5.41) is 3.66. The Morgan fingerprint density at radius 2 is 1.77 bits per heavy atom. The van der Waals surface area contributed by atoms with Crippen molar-refractivity contribution < 1.29 is 13.7 Å². The van der Waals surface area contributed by atoms with E-state index in [4.69, 9.17) is 16.3 Å². The van der Waals surface area contributed by atoms with Gasteiger partial charge in [0.1, 0.15) is 16.7 Å². The highest BCUT2D eigenvalue weighted by molar-refractivity contribution is 7.82. The zero-order valence-corrected chi connectivity index (χ0v) is 21.0. The van der Waals surface area contributed by atoms with Crippen molar-refractivity contribution in [3.8, 4) is 5.75 Å². The molecule has 35 heavy (non-hydrogen) atoms. The van der Waals surface area contributed by atoms with Crippen LogP contribution in [-0.4, -0.2) is 54.4 Å². The van der Waals surface area contributed by atoms with Gasteiger partial charge in [0.25, 0.3) is 0 Å². The molecular formula is C26H27ClN4O3S. The minimum Gasteiger partial charge on any atom is -0.497 e. The smallest absolute Gasteiger partial charge is 0.326 e. The molecular weight excluding hydrogens is 484 g/mol. The number of hydrogen-bond donors (Lipinski definition) is 1. The van der Waals surface area contributed by atoms with E-state index >= 15 is 0 Å². The van der Waals surface area contributed by atoms with Gasteiger partial charge in [0.15, 0.2) is 0 Å². The van der Waals surface area contributed by atoms with E-state index in [0.717, 1.165) is 46.4 Å². The molecule has 5 rings (SSSR count). The summed E-state index contributed by atoms with van der Waals surface area (Å²) >= 11 is 6.13. The molecule has 1 fully saturated rings. The molecule has 0 aliphatic carbocycles. The average molecular weight is 511 g/mol. The molecule has 3 aromatic rings. The maximum absolute atomic E-state index is 13.3. The number of amides is 2. The van der Waals surface area contributed by atoms with Crippen LogP contribution in [0, 0.1) is 0 Å². The number of carbonyl (C=O) groups excluding carboxylic acids is 1. The van der Waals surface area contributed by atoms with Crippen LogP contribution in [0.5, 0.6) is 5.75 Å². The highest BCUT2D eigenvalue weighted by Crippen LogP contribution is 2.31. The number of hydrogen-bond acceptors (Lipinski definition) is 4. The van der Waals surface area contributed by atoms with Crippen molar-refractivity contribution in [2.45, 2.75) is 11.3 Å². The average Bonchev–Trinajstić information content (AvgIpc) is 3.32. The fourth-order valence-electron chi connectivity index (χ4n) is 4.52. The van der Waals surface area contributed by atoms with Crippen LogP contribution < -0.4 is 19.9 Å². The lowest BCUT2D eigenvalue weighted by Crippen LogP contribution is -2.46. The Hall–Kier alpha value is -3.07. The molecule has 2 amide bonds. The van der Waals surface area contributed by atoms with E-state index in [2.05, 4.69) is 16.3 Å². The largest absolute Gasteiger partial charge is 0.497 e. The van der Waals surface area contributed by atoms with Crippen LogP contribution in [0.15, 0.2) is 71.6 Å². The molecule has 1 atom stereocenters. The van der Waals surface area contributed by atoms with Gasteiger partial charge in [-0.1, -0.05) is 23.7 Å². The third-order valence-electron chi connectivity index (χ3n) is 6.36. The second-order valence-electron chi connectivity index (χ2n) is 8.50. The zero-order chi connectivity index (χ0) is 24.4. The first kappa shape index (κ1) is 23.7. The molecule has 3 aromatic carbocycles. The SMILES string of the molecule is COc1cccc(NC(=O)N2CCc3cc(S(=O)N4CCN(c5cccc(Cl)c5)CC4)ccc32)c1. The number of methoxy groups -OCH3 is 1. The Morgan fingerprint density at radius 1 is 0.971 bits per heavy atom. The summed E-state index contributed by atoms with van der Waals surface area (Å²) in [6.45, 7) is 3.56. The molecule has 9 heteroatoms. The first-order valence-corrected chi connectivity index (χ1v) is 13.0. The van der Waals surface area contributed by atoms with Crippen molar-refractivity contribution in [2.75, 3.05) is 55.0 Å². The van der Waals surface area contributed by atoms with Crippen molar-refractivity contribution in [1.82, 2.24) is 4.31 Å². The maximum Gasteiger partial charge on any atom is 0.326 e. The maximum atomic E-state index is 13.3. The molecule has 0 spiro atoms. The zero-order valence-electron chi connectivity index (χ0n) is 19.4. The number of piperazine rings is 1. The fraction of sp³-hybridized carbons (Fsp3) is 0.269. The molecule has 0 bridgehead atoms. The summed E-state index contributed by atoms with van der Waals surface area (Å²) in [6.07, 6.45) is 0.731. The minimum absolute atomic E-state index is 0.192. The number of nitrogens with zero attached hydrogens (tertiary/aromatic N) is 3. The van der Waals surface area contributed by atoms with Gasteiger partial charge >= 0.3 is 6.03 Å². The summed E-state index contributed by atoms with van der Waals surface area (Å²) in [4.78, 5) is 17.7. The summed E-state index contributed by atoms with van der Waals surface area (Å²) < 4.78 is 20.5. The number of carbonyl (C=O) groups is 1. The Bertz CT molecular complexity index is 1260. The van der Waals surface area contributed by atoms with E-state index in [1.807, 2.05) is 58.9 Å². The minimum atomic E-state index is -1.25. The molecule has 1 saturated heterocycles. The fourth-order valence-corrected chi connectivity index (χ4v) is 5.93. The van der Waals surface area contributed by atoms with Gasteiger partial charge < -0.3 is 15.0 Å². The number of ether oxygens (including phenoxy) is 1. The van der Waals surface area contributed by atoms with E-state index in [1.165, 1.54) is 0 Å². The summed E-state index contributed by atoms with van der Waals surface area (Å²) in [6, 6.07) is 20.7. The van der Waals surface area contributed by atoms with Gasteiger partial charge in [-0.3, -0.25) is 4.90 Å². The third kappa shape index (κ3) is 5.15. The molecule has 0 saturated carbocycles. The first-order valence-electron chi connectivity index (χ1n) is 11.5. The van der Waals surface area contributed by atoms with Crippen molar-refractivity contribution in [3.63, 3.8) is 0 Å². The predicted octanol–water partition coefficient (Wildman–Crippen LogP) is 4.79. The summed E-state index contributed by atoms with van der Waals surface area (Å²) in [5.41, 5.74) is 3.66. The number of fused-ring (bicyclic) bond motifs is 1. The standard InChI is InChI=1S/C26H27ClN4O3S/c1-34-23-7-3-5-21(18-23)28-26(32)31-11-10-19-16-24(8-9-25(19)31)35(33)30-14-12-29(13-15-30)22-6-2-4-20(27)17-22/h2-9,16-18H,10-15H2,1H3,(H,28,32). The van der Waals surface area contributed by atoms with Crippen molar-refractivity contribution in [1.29, 1.82) is 0 Å². The van der Waals surface area contributed by atoms with Crippen LogP contribution in [0.3, 0.4) is 0 Å². The highest BCUT2D eigenvalue weighted by atomic mass is 35.5. The van der Waals surface area contributed by atoms with Crippen LogP contribution >= 0.6 is 11.6 Å². The lowest BCUT2D eigenvalue weighted by atomic mass is 10.2. The van der Waals surface area contributed by atoms with Crippen molar-refractivity contribution >= 4 is 45.7 Å². The normalized spacial score (nSPS) is 16.6. The van der Waals surface area contributed by atoms with Gasteiger partial charge in [-0.05, 0) is 60.5 Å². The van der Waals surface area contributed by atoms with E-state index in [1.54, 1.807) is 18.1 Å². The molecule has 0 aromatic heterocycles. The molecule has 2 aliphatic heterocycles. The molecule has 2 aliphatic rings. The van der Waals surface area contributed by atoms with Crippen LogP contribution in [-0.2, 0) is 17.4 Å². The molecule has 0 radical (unpaired) electrons. The Balaban J connectivity index is 1.23. The molecule has 2 heterocycles. The number of nitrogens with one attached hydrogen (secondary N) is 1. The predicted molar refractivity (Wildman–Crippen MR) is 141 cm³/mol. The summed E-state index contributed by atoms with van der Waals surface area (Å²) in [7, 11) is 0.348. The van der Waals surface area contributed by atoms with Crippen LogP contribution in [0.4, 0.5) is 21.9 Å². The second kappa shape index (κ2) is 10.3. The monoisotopic (exact) mass is 510 g/mol. The lowest BCUT2D eigenvalue weighted by molar-refractivity contribution is 0.257. The highest BCUT2D eigenvalue weighted by Gasteiger charge is 2.27. The summed E-state index contributed by atoms with van der Waals surface area (Å²) in [5.74, 6) is 0.685. The third-order valence-corrected chi connectivity index (χ3v) is 8.09. The van der Waals surface area contributed by atoms with Gasteiger partial charge in [0.2, 0.25) is 0 Å². The topological polar surface area (TPSA) is 65.1 Å². The molecule has 1 unspecified atom stereocenters. The van der Waals surface area contributed by atoms with Gasteiger partial charge in [0.05, 0.1) is 12.0 Å². The number of halogens is 1. The number of rotatable bonds is 5. The van der Waals surface area contributed by atoms with E-state index in [9.17, 15) is 9.00 Å². The van der Waals surface area contributed by atoms with Gasteiger partial charge in [-0.25, -0.2) is 13.3 Å². The number of benzene rings is 3. The van der Waals surface area contributed by atoms with Crippen LogP contribution in [0.2, 0.25) is 5.02 Å². The van der Waals surface area contributed by atoms with Crippen molar-refractivity contribution in [3.05, 3.63) is 77.3 Å². The van der Waals surface area contributed by atoms with E-state index in [-0.39, 0.29) is 6.03 Å². The number of anilines is 3. The van der Waals surface area contributed by atoms with Crippen molar-refractivity contribution in [2.24, 2.45) is 0 Å². The lowest BCUT2D eigenvalue weighted by Gasteiger charge is -2.35. The Kier molecular flexibility index (Phi) is 6.95. The molecule has 182 valence electrons. The van der Waals surface area contributed by atoms with Gasteiger partial charge in [-0.15, -0.1) is 0 Å². The molecule has 7 nitrogen and oxygen atoms in total. The Morgan fingerprint density at radius 3 is 2.54 bits per heavy atom. The quantitative estimate of drug-likeness (QED) is 0.536. The first-order chi connectivity index (χ1) is 17.0. The van der Waals surface area contributed by atoms with Gasteiger partial charge in [0, 0.05) is 60.9 Å². The van der Waals surface area contributed by atoms with Crippen LogP contribution in [0.1, 0.15) is 5.56 Å². The van der Waals surface area contributed by atoms with E-state index in [0.29, 0.717) is 31.1 Å². The molecule has 1 N–H and O–H groups in total.